The molecule has 7 nitrogen and oxygen atoms in total. The van der Waals surface area contributed by atoms with Gasteiger partial charge in [-0.3, -0.25) is 4.79 Å². The topological polar surface area (TPSA) is 79.7 Å². The van der Waals surface area contributed by atoms with E-state index in [4.69, 9.17) is 4.74 Å². The van der Waals surface area contributed by atoms with Gasteiger partial charge in [0.25, 0.3) is 5.91 Å². The lowest BCUT2D eigenvalue weighted by Gasteiger charge is -2.17. The zero-order chi connectivity index (χ0) is 19.9. The fourth-order valence-corrected chi connectivity index (χ4v) is 2.93. The maximum Gasteiger partial charge on any atom is 0.265 e. The summed E-state index contributed by atoms with van der Waals surface area (Å²) in [6.07, 6.45) is 17.2. The summed E-state index contributed by atoms with van der Waals surface area (Å²) < 4.78 is 5.55. The number of allylic oxidation sites excluding steroid dienone is 2. The standard InChI is InChI=1S/C22H19N5O2/c28-21-14-27-11-4-7-19(27)15-29-12-9-18-13-23-16-25-22(18)26-20-8-2-1-5-17(20)6-3-10-24-21/h1-10,12-13,15-16H,11,14H2,(H,23,25,26)/b6-3+,12-9+,19-15-,24-10+. The maximum absolute atomic E-state index is 12.2. The fourth-order valence-electron chi connectivity index (χ4n) is 2.93. The highest BCUT2D eigenvalue weighted by Crippen LogP contribution is 2.23. The zero-order valence-corrected chi connectivity index (χ0v) is 15.6. The highest BCUT2D eigenvalue weighted by Gasteiger charge is 2.15. The second kappa shape index (κ2) is 8.79. The van der Waals surface area contributed by atoms with Gasteiger partial charge in [-0.1, -0.05) is 30.4 Å². The lowest BCUT2D eigenvalue weighted by molar-refractivity contribution is -0.118. The first-order chi connectivity index (χ1) is 14.3. The van der Waals surface area contributed by atoms with E-state index in [-0.39, 0.29) is 12.5 Å². The SMILES string of the molecule is O=C1CN2CC=C/C2=C/O/C=C/c2cncnc2Nc2ccccc2/C=C/C=N/1. The number of anilines is 2. The molecule has 0 aliphatic carbocycles. The van der Waals surface area contributed by atoms with Crippen LogP contribution >= 0.6 is 0 Å². The van der Waals surface area contributed by atoms with Crippen molar-refractivity contribution in [2.45, 2.75) is 0 Å². The van der Waals surface area contributed by atoms with E-state index in [1.165, 1.54) is 12.5 Å². The van der Waals surface area contributed by atoms with Crippen molar-refractivity contribution in [3.8, 4) is 0 Å². The number of carbonyl (C=O) groups excluding carboxylic acids is 1. The number of rotatable bonds is 0. The van der Waals surface area contributed by atoms with E-state index in [0.717, 1.165) is 22.5 Å². The number of aliphatic imine (C=N–C) groups is 1. The van der Waals surface area contributed by atoms with Crippen LogP contribution in [0.2, 0.25) is 0 Å². The fraction of sp³-hybridized carbons (Fsp3) is 0.0909. The number of nitrogens with zero attached hydrogens (tertiary/aromatic N) is 4. The van der Waals surface area contributed by atoms with Gasteiger partial charge < -0.3 is 15.0 Å². The molecular formula is C22H19N5O2. The molecule has 2 aliphatic rings. The summed E-state index contributed by atoms with van der Waals surface area (Å²) in [6.45, 7) is 0.828. The van der Waals surface area contributed by atoms with Crippen LogP contribution in [-0.2, 0) is 9.53 Å². The van der Waals surface area contributed by atoms with Gasteiger partial charge in [-0.05, 0) is 29.9 Å². The average Bonchev–Trinajstić information content (AvgIpc) is 3.17. The number of para-hydroxylation sites is 1. The number of hydrogen-bond donors (Lipinski definition) is 1. The molecule has 0 fully saturated rings. The van der Waals surface area contributed by atoms with E-state index in [9.17, 15) is 4.79 Å². The Morgan fingerprint density at radius 2 is 2.03 bits per heavy atom. The summed E-state index contributed by atoms with van der Waals surface area (Å²) in [5, 5.41) is 3.33. The van der Waals surface area contributed by atoms with E-state index >= 15 is 0 Å². The summed E-state index contributed by atoms with van der Waals surface area (Å²) in [5.41, 5.74) is 3.40. The number of hydrogen-bond acceptors (Lipinski definition) is 6. The van der Waals surface area contributed by atoms with Gasteiger partial charge in [0.2, 0.25) is 0 Å². The largest absolute Gasteiger partial charge is 0.470 e. The molecule has 29 heavy (non-hydrogen) atoms. The summed E-state index contributed by atoms with van der Waals surface area (Å²) in [5.74, 6) is 0.433. The Balaban J connectivity index is 1.69. The van der Waals surface area contributed by atoms with Gasteiger partial charge in [0.1, 0.15) is 18.4 Å². The average molecular weight is 385 g/mol. The number of fused-ring (bicyclic) bond motifs is 3. The molecule has 7 heteroatoms. The van der Waals surface area contributed by atoms with Crippen molar-refractivity contribution < 1.29 is 9.53 Å². The van der Waals surface area contributed by atoms with Gasteiger partial charge in [0.05, 0.1) is 18.5 Å². The molecule has 1 aromatic heterocycles. The summed E-state index contributed by atoms with van der Waals surface area (Å²) in [6, 6.07) is 7.80. The zero-order valence-electron chi connectivity index (χ0n) is 15.6. The van der Waals surface area contributed by atoms with E-state index in [2.05, 4.69) is 20.3 Å². The molecule has 0 unspecified atom stereocenters. The molecular weight excluding hydrogens is 366 g/mol. The number of nitrogens with one attached hydrogen (secondary N) is 1. The molecule has 1 amide bonds. The minimum absolute atomic E-state index is 0.186. The molecule has 0 saturated heterocycles. The molecule has 2 aliphatic heterocycles. The molecule has 3 heterocycles. The van der Waals surface area contributed by atoms with Crippen LogP contribution in [0.15, 0.2) is 78.2 Å². The van der Waals surface area contributed by atoms with Crippen molar-refractivity contribution in [2.24, 2.45) is 4.99 Å². The summed E-state index contributed by atoms with van der Waals surface area (Å²) in [4.78, 5) is 26.5. The quantitative estimate of drug-likeness (QED) is 0.747. The van der Waals surface area contributed by atoms with E-state index < -0.39 is 0 Å². The van der Waals surface area contributed by atoms with Crippen molar-refractivity contribution in [2.75, 3.05) is 18.4 Å². The summed E-state index contributed by atoms with van der Waals surface area (Å²) in [7, 11) is 0. The van der Waals surface area contributed by atoms with Gasteiger partial charge in [-0.2, -0.15) is 0 Å². The molecule has 0 saturated carbocycles. The Bertz CT molecular complexity index is 1050. The number of amides is 1. The monoisotopic (exact) mass is 385 g/mol. The molecule has 1 aromatic carbocycles. The minimum atomic E-state index is -0.224. The van der Waals surface area contributed by atoms with Crippen LogP contribution in [0.5, 0.6) is 0 Å². The van der Waals surface area contributed by atoms with Gasteiger partial charge in [-0.15, -0.1) is 0 Å². The third-order valence-electron chi connectivity index (χ3n) is 4.36. The van der Waals surface area contributed by atoms with Gasteiger partial charge >= 0.3 is 0 Å². The molecule has 1 N–H and O–H groups in total. The van der Waals surface area contributed by atoms with Crippen LogP contribution in [0.1, 0.15) is 11.1 Å². The molecule has 4 rings (SSSR count). The summed E-state index contributed by atoms with van der Waals surface area (Å²) >= 11 is 0. The lowest BCUT2D eigenvalue weighted by Crippen LogP contribution is -2.25. The number of aromatic nitrogens is 2. The molecule has 2 aromatic rings. The smallest absolute Gasteiger partial charge is 0.265 e. The second-order valence-electron chi connectivity index (χ2n) is 6.33. The third kappa shape index (κ3) is 4.65. The lowest BCUT2D eigenvalue weighted by atomic mass is 10.1. The van der Waals surface area contributed by atoms with Crippen molar-refractivity contribution in [1.82, 2.24) is 14.9 Å². The van der Waals surface area contributed by atoms with Crippen molar-refractivity contribution in [3.05, 3.63) is 84.4 Å². The van der Waals surface area contributed by atoms with Crippen molar-refractivity contribution >= 4 is 35.8 Å². The number of ether oxygens (including phenoxy) is 1. The highest BCUT2D eigenvalue weighted by atomic mass is 16.5. The van der Waals surface area contributed by atoms with Crippen LogP contribution < -0.4 is 5.32 Å². The normalized spacial score (nSPS) is 21.3. The van der Waals surface area contributed by atoms with E-state index in [0.29, 0.717) is 12.4 Å². The first-order valence-electron chi connectivity index (χ1n) is 9.13. The molecule has 144 valence electrons. The Kier molecular flexibility index (Phi) is 5.57. The predicted molar refractivity (Wildman–Crippen MR) is 113 cm³/mol. The Morgan fingerprint density at radius 1 is 1.10 bits per heavy atom. The molecule has 0 radical (unpaired) electrons. The minimum Gasteiger partial charge on any atom is -0.470 e. The van der Waals surface area contributed by atoms with Crippen LogP contribution in [0.3, 0.4) is 0 Å². The maximum atomic E-state index is 12.2. The Labute approximate surface area is 168 Å². The number of carbonyl (C=O) groups is 1. The Morgan fingerprint density at radius 3 is 3.00 bits per heavy atom. The van der Waals surface area contributed by atoms with E-state index in [1.807, 2.05) is 47.4 Å². The van der Waals surface area contributed by atoms with Crippen LogP contribution in [0.25, 0.3) is 12.2 Å². The van der Waals surface area contributed by atoms with Crippen LogP contribution in [-0.4, -0.2) is 40.1 Å². The van der Waals surface area contributed by atoms with Crippen LogP contribution in [0.4, 0.5) is 11.5 Å². The highest BCUT2D eigenvalue weighted by molar-refractivity contribution is 5.92. The number of benzene rings is 1. The molecule has 0 atom stereocenters. The van der Waals surface area contributed by atoms with Gasteiger partial charge in [0.15, 0.2) is 0 Å². The molecule has 0 spiro atoms. The van der Waals surface area contributed by atoms with Crippen LogP contribution in [0, 0.1) is 0 Å². The van der Waals surface area contributed by atoms with Crippen molar-refractivity contribution in [3.63, 3.8) is 0 Å². The van der Waals surface area contributed by atoms with E-state index in [1.54, 1.807) is 30.9 Å². The first kappa shape index (κ1) is 18.4. The Hall–Kier alpha value is -4.00. The third-order valence-corrected chi connectivity index (χ3v) is 4.36. The predicted octanol–water partition coefficient (Wildman–Crippen LogP) is 3.54. The van der Waals surface area contributed by atoms with Crippen molar-refractivity contribution in [1.29, 1.82) is 0 Å². The molecule has 0 bridgehead atoms. The second-order valence-corrected chi connectivity index (χ2v) is 6.33. The first-order valence-corrected chi connectivity index (χ1v) is 9.13. The van der Waals surface area contributed by atoms with Gasteiger partial charge in [0, 0.05) is 30.2 Å². The van der Waals surface area contributed by atoms with Gasteiger partial charge in [-0.25, -0.2) is 15.0 Å².